The third kappa shape index (κ3) is 0.966. The molecule has 68 valence electrons. The average molecular weight is 210 g/mol. The van der Waals surface area contributed by atoms with E-state index in [-0.39, 0.29) is 23.8 Å². The van der Waals surface area contributed by atoms with Crippen molar-refractivity contribution in [1.82, 2.24) is 5.32 Å². The molecule has 0 aromatic rings. The number of alkyl halides is 2. The number of hydrogen-bond acceptors (Lipinski definition) is 3. The van der Waals surface area contributed by atoms with Crippen molar-refractivity contribution in [1.29, 1.82) is 0 Å². The predicted octanol–water partition coefficient (Wildman–Crippen LogP) is 0.551. The Bertz CT molecular complexity index is 231. The van der Waals surface area contributed by atoms with Crippen LogP contribution in [0, 0.1) is 11.8 Å². The maximum Gasteiger partial charge on any atom is 0.323 e. The van der Waals surface area contributed by atoms with Crippen molar-refractivity contribution in [3.63, 3.8) is 0 Å². The Balaban J connectivity index is 2.08. The highest BCUT2D eigenvalue weighted by Crippen LogP contribution is 2.63. The molecule has 1 unspecified atom stereocenters. The van der Waals surface area contributed by atoms with Gasteiger partial charge in [0.15, 0.2) is 0 Å². The van der Waals surface area contributed by atoms with Gasteiger partial charge in [0, 0.05) is 18.4 Å². The number of carbonyl (C=O) groups excluding carboxylic acids is 1. The van der Waals surface area contributed by atoms with Crippen LogP contribution in [0.25, 0.3) is 0 Å². The SMILES string of the molecule is COC(=O)[C@H]1NC[C@H]2C1C2(Cl)Cl. The standard InChI is InChI=1S/C7H9Cl2NO2/c1-12-6(11)5-4-3(2-10-5)7(4,8)9/h3-5,10H,2H2,1H3/t3-,4?,5-/m0/s1. The summed E-state index contributed by atoms with van der Waals surface area (Å²) in [6.07, 6.45) is 0. The highest BCUT2D eigenvalue weighted by atomic mass is 35.5. The zero-order valence-corrected chi connectivity index (χ0v) is 8.02. The summed E-state index contributed by atoms with van der Waals surface area (Å²) in [4.78, 5) is 11.1. The monoisotopic (exact) mass is 209 g/mol. The molecular weight excluding hydrogens is 201 g/mol. The summed E-state index contributed by atoms with van der Waals surface area (Å²) in [5.41, 5.74) is 0. The highest BCUT2D eigenvalue weighted by Gasteiger charge is 2.70. The Morgan fingerprint density at radius 2 is 2.33 bits per heavy atom. The van der Waals surface area contributed by atoms with Crippen LogP contribution in [0.1, 0.15) is 0 Å². The molecule has 2 fully saturated rings. The average Bonchev–Trinajstić information content (AvgIpc) is 2.52. The lowest BCUT2D eigenvalue weighted by Gasteiger charge is -2.13. The van der Waals surface area contributed by atoms with Crippen molar-refractivity contribution in [2.75, 3.05) is 13.7 Å². The third-order valence-corrected chi connectivity index (χ3v) is 3.70. The second-order valence-electron chi connectivity index (χ2n) is 3.22. The molecule has 5 heteroatoms. The first-order valence-electron chi connectivity index (χ1n) is 3.78. The number of ether oxygens (including phenoxy) is 1. The van der Waals surface area contributed by atoms with E-state index in [2.05, 4.69) is 10.1 Å². The summed E-state index contributed by atoms with van der Waals surface area (Å²) in [7, 11) is 1.36. The van der Waals surface area contributed by atoms with Gasteiger partial charge in [-0.15, -0.1) is 23.2 Å². The molecule has 2 rings (SSSR count). The van der Waals surface area contributed by atoms with E-state index in [9.17, 15) is 4.79 Å². The van der Waals surface area contributed by atoms with E-state index in [0.717, 1.165) is 0 Å². The molecule has 1 N–H and O–H groups in total. The molecule has 0 bridgehead atoms. The number of esters is 1. The van der Waals surface area contributed by atoms with Crippen LogP contribution in [0.4, 0.5) is 0 Å². The minimum atomic E-state index is -0.704. The number of rotatable bonds is 1. The summed E-state index contributed by atoms with van der Waals surface area (Å²) < 4.78 is 3.90. The number of carbonyl (C=O) groups is 1. The number of hydrogen-bond donors (Lipinski definition) is 1. The van der Waals surface area contributed by atoms with E-state index >= 15 is 0 Å². The highest BCUT2D eigenvalue weighted by molar-refractivity contribution is 6.51. The fourth-order valence-corrected chi connectivity index (χ4v) is 2.73. The Morgan fingerprint density at radius 1 is 1.67 bits per heavy atom. The molecule has 0 aromatic heterocycles. The summed E-state index contributed by atoms with van der Waals surface area (Å²) in [6.45, 7) is 0.706. The number of methoxy groups -OCH3 is 1. The fourth-order valence-electron chi connectivity index (χ4n) is 1.87. The van der Waals surface area contributed by atoms with Gasteiger partial charge >= 0.3 is 5.97 Å². The normalized spacial score (nSPS) is 42.1. The van der Waals surface area contributed by atoms with Gasteiger partial charge in [-0.2, -0.15) is 0 Å². The molecule has 12 heavy (non-hydrogen) atoms. The minimum absolute atomic E-state index is 0.0354. The van der Waals surface area contributed by atoms with E-state index in [0.29, 0.717) is 6.54 Å². The molecule has 3 nitrogen and oxygen atoms in total. The van der Waals surface area contributed by atoms with Gasteiger partial charge in [-0.05, 0) is 0 Å². The Kier molecular flexibility index (Phi) is 1.79. The van der Waals surface area contributed by atoms with Gasteiger partial charge < -0.3 is 10.1 Å². The maximum atomic E-state index is 11.1. The molecule has 0 amide bonds. The molecule has 0 radical (unpaired) electrons. The summed E-state index contributed by atoms with van der Waals surface area (Å²) in [5, 5.41) is 3.02. The third-order valence-electron chi connectivity index (χ3n) is 2.64. The van der Waals surface area contributed by atoms with Gasteiger partial charge in [0.1, 0.15) is 10.4 Å². The molecular formula is C7H9Cl2NO2. The van der Waals surface area contributed by atoms with E-state index in [1.807, 2.05) is 0 Å². The molecule has 1 saturated heterocycles. The molecule has 2 aliphatic rings. The van der Waals surface area contributed by atoms with Gasteiger partial charge in [-0.3, -0.25) is 4.79 Å². The lowest BCUT2D eigenvalue weighted by molar-refractivity contribution is -0.143. The lowest BCUT2D eigenvalue weighted by atomic mass is 10.2. The molecule has 1 saturated carbocycles. The summed E-state index contributed by atoms with van der Waals surface area (Å²) >= 11 is 11.8. The molecule has 1 heterocycles. The van der Waals surface area contributed by atoms with Crippen molar-refractivity contribution in [3.8, 4) is 0 Å². The van der Waals surface area contributed by atoms with Crippen LogP contribution in [-0.2, 0) is 9.53 Å². The first-order chi connectivity index (χ1) is 5.59. The maximum absolute atomic E-state index is 11.1. The Hall–Kier alpha value is 0.01000. The van der Waals surface area contributed by atoms with E-state index in [1.165, 1.54) is 7.11 Å². The number of nitrogens with one attached hydrogen (secondary N) is 1. The van der Waals surface area contributed by atoms with Crippen molar-refractivity contribution in [2.24, 2.45) is 11.8 Å². The largest absolute Gasteiger partial charge is 0.468 e. The molecule has 0 spiro atoms. The Labute approximate surface area is 80.3 Å². The van der Waals surface area contributed by atoms with Crippen LogP contribution in [0.5, 0.6) is 0 Å². The smallest absolute Gasteiger partial charge is 0.323 e. The molecule has 3 atom stereocenters. The topological polar surface area (TPSA) is 38.3 Å². The summed E-state index contributed by atoms with van der Waals surface area (Å²) in [5.74, 6) is -0.0242. The zero-order valence-electron chi connectivity index (χ0n) is 6.51. The Morgan fingerprint density at radius 3 is 2.75 bits per heavy atom. The second kappa shape index (κ2) is 2.50. The van der Waals surface area contributed by atoms with Crippen LogP contribution >= 0.6 is 23.2 Å². The molecule has 0 aromatic carbocycles. The molecule has 1 aliphatic heterocycles. The zero-order chi connectivity index (χ0) is 8.93. The minimum Gasteiger partial charge on any atom is -0.468 e. The van der Waals surface area contributed by atoms with Crippen molar-refractivity contribution in [2.45, 2.75) is 10.4 Å². The van der Waals surface area contributed by atoms with E-state index in [1.54, 1.807) is 0 Å². The number of halogens is 2. The first-order valence-corrected chi connectivity index (χ1v) is 4.53. The van der Waals surface area contributed by atoms with Gasteiger partial charge in [0.05, 0.1) is 7.11 Å². The lowest BCUT2D eigenvalue weighted by Crippen LogP contribution is -2.38. The van der Waals surface area contributed by atoms with Crippen LogP contribution in [0.3, 0.4) is 0 Å². The van der Waals surface area contributed by atoms with Crippen LogP contribution in [0.15, 0.2) is 0 Å². The first kappa shape index (κ1) is 8.60. The van der Waals surface area contributed by atoms with Crippen LogP contribution in [-0.4, -0.2) is 30.0 Å². The fraction of sp³-hybridized carbons (Fsp3) is 0.857. The van der Waals surface area contributed by atoms with Gasteiger partial charge in [0.2, 0.25) is 0 Å². The van der Waals surface area contributed by atoms with Gasteiger partial charge in [0.25, 0.3) is 0 Å². The number of fused-ring (bicyclic) bond motifs is 1. The van der Waals surface area contributed by atoms with Crippen LogP contribution in [0.2, 0.25) is 0 Å². The number of piperidine rings is 1. The second-order valence-corrected chi connectivity index (χ2v) is 4.66. The van der Waals surface area contributed by atoms with Crippen molar-refractivity contribution >= 4 is 29.2 Å². The van der Waals surface area contributed by atoms with Crippen molar-refractivity contribution in [3.05, 3.63) is 0 Å². The van der Waals surface area contributed by atoms with Crippen molar-refractivity contribution < 1.29 is 9.53 Å². The predicted molar refractivity (Wildman–Crippen MR) is 45.2 cm³/mol. The van der Waals surface area contributed by atoms with Crippen LogP contribution < -0.4 is 5.32 Å². The molecule has 1 aliphatic carbocycles. The quantitative estimate of drug-likeness (QED) is 0.507. The van der Waals surface area contributed by atoms with E-state index < -0.39 is 4.33 Å². The summed E-state index contributed by atoms with van der Waals surface area (Å²) in [6, 6.07) is -0.310. The van der Waals surface area contributed by atoms with Gasteiger partial charge in [-0.25, -0.2) is 0 Å². The van der Waals surface area contributed by atoms with E-state index in [4.69, 9.17) is 23.2 Å². The van der Waals surface area contributed by atoms with Gasteiger partial charge in [-0.1, -0.05) is 0 Å².